The Bertz CT molecular complexity index is 845. The Labute approximate surface area is 151 Å². The van der Waals surface area contributed by atoms with Crippen molar-refractivity contribution in [3.8, 4) is 5.75 Å². The predicted octanol–water partition coefficient (Wildman–Crippen LogP) is 2.79. The number of ether oxygens (including phenoxy) is 1. The molecule has 136 valence electrons. The van der Waals surface area contributed by atoms with Gasteiger partial charge in [-0.15, -0.1) is 0 Å². The molecule has 1 atom stereocenters. The first kappa shape index (κ1) is 19.2. The molecular formula is C16H21N3O4S2. The van der Waals surface area contributed by atoms with E-state index in [-0.39, 0.29) is 22.0 Å². The Kier molecular flexibility index (Phi) is 6.02. The third-order valence-electron chi connectivity index (χ3n) is 3.58. The fraction of sp³-hybridized carbons (Fsp3) is 0.375. The topological polar surface area (TPSA) is 97.4 Å². The number of hydrogen-bond donors (Lipinski definition) is 2. The number of methoxy groups -OCH3 is 1. The molecule has 1 heterocycles. The molecule has 2 rings (SSSR count). The van der Waals surface area contributed by atoms with Crippen LogP contribution in [0.3, 0.4) is 0 Å². The zero-order valence-corrected chi connectivity index (χ0v) is 16.1. The maximum absolute atomic E-state index is 12.4. The molecular weight excluding hydrogens is 362 g/mol. The van der Waals surface area contributed by atoms with Crippen molar-refractivity contribution in [1.29, 1.82) is 0 Å². The largest absolute Gasteiger partial charge is 0.497 e. The molecule has 0 fully saturated rings. The number of rotatable bonds is 7. The lowest BCUT2D eigenvalue weighted by molar-refractivity contribution is 0.0942. The third kappa shape index (κ3) is 4.70. The molecule has 1 aromatic carbocycles. The van der Waals surface area contributed by atoms with Crippen LogP contribution in [0.5, 0.6) is 5.75 Å². The van der Waals surface area contributed by atoms with Gasteiger partial charge in [0, 0.05) is 6.04 Å². The summed E-state index contributed by atoms with van der Waals surface area (Å²) in [6, 6.07) is 6.05. The molecule has 0 radical (unpaired) electrons. The smallest absolute Gasteiger partial charge is 0.263 e. The Morgan fingerprint density at radius 3 is 2.52 bits per heavy atom. The Hall–Kier alpha value is -2.13. The first-order valence-electron chi connectivity index (χ1n) is 7.72. The Balaban J connectivity index is 2.19. The van der Waals surface area contributed by atoms with Gasteiger partial charge in [0.05, 0.1) is 17.7 Å². The number of anilines is 1. The molecule has 0 saturated carbocycles. The van der Waals surface area contributed by atoms with E-state index in [4.69, 9.17) is 4.74 Å². The van der Waals surface area contributed by atoms with Crippen LogP contribution in [0.1, 0.15) is 35.6 Å². The molecule has 0 aliphatic rings. The van der Waals surface area contributed by atoms with Crippen LogP contribution in [0.4, 0.5) is 5.13 Å². The SMILES string of the molecule is CCC(C)NC(=O)c1sc(NS(=O)(=O)c2ccc(OC)cc2)nc1C. The van der Waals surface area contributed by atoms with E-state index in [1.54, 1.807) is 19.1 Å². The third-order valence-corrected chi connectivity index (χ3v) is 6.14. The van der Waals surface area contributed by atoms with Gasteiger partial charge in [-0.1, -0.05) is 18.3 Å². The monoisotopic (exact) mass is 383 g/mol. The van der Waals surface area contributed by atoms with Gasteiger partial charge in [0.15, 0.2) is 5.13 Å². The second kappa shape index (κ2) is 7.83. The first-order valence-corrected chi connectivity index (χ1v) is 10.0. The fourth-order valence-corrected chi connectivity index (χ4v) is 4.08. The summed E-state index contributed by atoms with van der Waals surface area (Å²) in [6.07, 6.45) is 0.806. The van der Waals surface area contributed by atoms with E-state index in [0.717, 1.165) is 17.8 Å². The molecule has 0 spiro atoms. The number of benzene rings is 1. The van der Waals surface area contributed by atoms with Crippen LogP contribution in [0, 0.1) is 6.92 Å². The van der Waals surface area contributed by atoms with Gasteiger partial charge >= 0.3 is 0 Å². The van der Waals surface area contributed by atoms with Crippen molar-refractivity contribution in [3.05, 3.63) is 34.8 Å². The first-order chi connectivity index (χ1) is 11.8. The summed E-state index contributed by atoms with van der Waals surface area (Å²) in [4.78, 5) is 16.9. The molecule has 1 aromatic heterocycles. The molecule has 25 heavy (non-hydrogen) atoms. The van der Waals surface area contributed by atoms with Crippen molar-refractivity contribution in [2.45, 2.75) is 38.1 Å². The summed E-state index contributed by atoms with van der Waals surface area (Å²) in [7, 11) is -2.28. The van der Waals surface area contributed by atoms with E-state index in [1.165, 1.54) is 19.2 Å². The number of carbonyl (C=O) groups is 1. The lowest BCUT2D eigenvalue weighted by atomic mass is 10.2. The summed E-state index contributed by atoms with van der Waals surface area (Å²) >= 11 is 1.01. The summed E-state index contributed by atoms with van der Waals surface area (Å²) in [5, 5.41) is 3.00. The highest BCUT2D eigenvalue weighted by molar-refractivity contribution is 7.93. The average molecular weight is 383 g/mol. The number of hydrogen-bond acceptors (Lipinski definition) is 6. The molecule has 9 heteroatoms. The summed E-state index contributed by atoms with van der Waals surface area (Å²) in [6.45, 7) is 5.55. The predicted molar refractivity (Wildman–Crippen MR) is 97.9 cm³/mol. The minimum absolute atomic E-state index is 0.0356. The van der Waals surface area contributed by atoms with Crippen LogP contribution < -0.4 is 14.8 Å². The minimum atomic E-state index is -3.78. The molecule has 7 nitrogen and oxygen atoms in total. The van der Waals surface area contributed by atoms with Gasteiger partial charge in [0.25, 0.3) is 15.9 Å². The van der Waals surface area contributed by atoms with Crippen molar-refractivity contribution in [2.24, 2.45) is 0 Å². The second-order valence-electron chi connectivity index (χ2n) is 5.50. The normalized spacial score (nSPS) is 12.5. The standard InChI is InChI=1S/C16H21N3O4S2/c1-5-10(2)17-15(20)14-11(3)18-16(24-14)19-25(21,22)13-8-6-12(23-4)7-9-13/h6-10H,5H2,1-4H3,(H,17,20)(H,18,19). The number of aromatic nitrogens is 1. The van der Waals surface area contributed by atoms with Gasteiger partial charge in [-0.05, 0) is 44.5 Å². The molecule has 0 aliphatic carbocycles. The molecule has 1 amide bonds. The van der Waals surface area contributed by atoms with Gasteiger partial charge in [0.1, 0.15) is 10.6 Å². The van der Waals surface area contributed by atoms with Gasteiger partial charge < -0.3 is 10.1 Å². The van der Waals surface area contributed by atoms with Crippen LogP contribution in [0.15, 0.2) is 29.2 Å². The highest BCUT2D eigenvalue weighted by Crippen LogP contribution is 2.26. The zero-order chi connectivity index (χ0) is 18.6. The number of sulfonamides is 1. The van der Waals surface area contributed by atoms with E-state index in [1.807, 2.05) is 13.8 Å². The van der Waals surface area contributed by atoms with Gasteiger partial charge in [-0.3, -0.25) is 9.52 Å². The molecule has 0 bridgehead atoms. The zero-order valence-electron chi connectivity index (χ0n) is 14.5. The van der Waals surface area contributed by atoms with E-state index >= 15 is 0 Å². The van der Waals surface area contributed by atoms with E-state index in [2.05, 4.69) is 15.0 Å². The molecule has 2 N–H and O–H groups in total. The highest BCUT2D eigenvalue weighted by Gasteiger charge is 2.21. The van der Waals surface area contributed by atoms with E-state index in [9.17, 15) is 13.2 Å². The quantitative estimate of drug-likeness (QED) is 0.766. The molecule has 2 aromatic rings. The Morgan fingerprint density at radius 2 is 1.96 bits per heavy atom. The Morgan fingerprint density at radius 1 is 1.32 bits per heavy atom. The maximum Gasteiger partial charge on any atom is 0.263 e. The number of amides is 1. The van der Waals surface area contributed by atoms with E-state index in [0.29, 0.717) is 16.3 Å². The highest BCUT2D eigenvalue weighted by atomic mass is 32.2. The van der Waals surface area contributed by atoms with E-state index < -0.39 is 10.0 Å². The van der Waals surface area contributed by atoms with Crippen LogP contribution in [0.25, 0.3) is 0 Å². The number of nitrogens with zero attached hydrogens (tertiary/aromatic N) is 1. The van der Waals surface area contributed by atoms with Crippen molar-refractivity contribution < 1.29 is 17.9 Å². The molecule has 1 unspecified atom stereocenters. The van der Waals surface area contributed by atoms with Crippen LogP contribution in [-0.2, 0) is 10.0 Å². The lowest BCUT2D eigenvalue weighted by Crippen LogP contribution is -2.31. The number of carbonyl (C=O) groups excluding carboxylic acids is 1. The number of aryl methyl sites for hydroxylation is 1. The van der Waals surface area contributed by atoms with Gasteiger partial charge in [-0.2, -0.15) is 0 Å². The van der Waals surface area contributed by atoms with Crippen molar-refractivity contribution in [2.75, 3.05) is 11.8 Å². The maximum atomic E-state index is 12.4. The van der Waals surface area contributed by atoms with Crippen LogP contribution in [-0.4, -0.2) is 32.5 Å². The van der Waals surface area contributed by atoms with Crippen molar-refractivity contribution >= 4 is 32.4 Å². The summed E-state index contributed by atoms with van der Waals surface area (Å²) in [5.41, 5.74) is 0.484. The minimum Gasteiger partial charge on any atom is -0.497 e. The number of nitrogens with one attached hydrogen (secondary N) is 2. The summed E-state index contributed by atoms with van der Waals surface area (Å²) < 4.78 is 32.3. The fourth-order valence-electron chi connectivity index (χ4n) is 1.97. The molecule has 0 saturated heterocycles. The van der Waals surface area contributed by atoms with Gasteiger partial charge in [0.2, 0.25) is 0 Å². The molecule has 0 aliphatic heterocycles. The second-order valence-corrected chi connectivity index (χ2v) is 8.18. The number of thiazole rings is 1. The van der Waals surface area contributed by atoms with Gasteiger partial charge in [-0.25, -0.2) is 13.4 Å². The van der Waals surface area contributed by atoms with Crippen molar-refractivity contribution in [1.82, 2.24) is 10.3 Å². The lowest BCUT2D eigenvalue weighted by Gasteiger charge is -2.10. The summed E-state index contributed by atoms with van der Waals surface area (Å²) in [5.74, 6) is 0.312. The van der Waals surface area contributed by atoms with Crippen LogP contribution >= 0.6 is 11.3 Å². The van der Waals surface area contributed by atoms with Crippen molar-refractivity contribution in [3.63, 3.8) is 0 Å². The average Bonchev–Trinajstić information content (AvgIpc) is 2.94. The van der Waals surface area contributed by atoms with Crippen LogP contribution in [0.2, 0.25) is 0 Å².